The molecule has 7 heteroatoms. The van der Waals surface area contributed by atoms with E-state index in [9.17, 15) is 9.59 Å². The lowest BCUT2D eigenvalue weighted by Crippen LogP contribution is -2.32. The van der Waals surface area contributed by atoms with Gasteiger partial charge in [-0.15, -0.1) is 0 Å². The van der Waals surface area contributed by atoms with Gasteiger partial charge in [0.15, 0.2) is 5.65 Å². The number of carbonyl (C=O) groups excluding carboxylic acids is 1. The first kappa shape index (κ1) is 16.5. The molecule has 1 atom stereocenters. The van der Waals surface area contributed by atoms with Crippen LogP contribution < -0.4 is 5.69 Å². The fraction of sp³-hybridized carbons (Fsp3) is 0.368. The van der Waals surface area contributed by atoms with Gasteiger partial charge in [0.1, 0.15) is 0 Å². The third-order valence-corrected chi connectivity index (χ3v) is 4.98. The number of aryl methyl sites for hydroxylation is 2. The van der Waals surface area contributed by atoms with Crippen LogP contribution in [-0.2, 0) is 6.54 Å². The molecule has 3 aromatic rings. The monoisotopic (exact) mass is 351 g/mol. The summed E-state index contributed by atoms with van der Waals surface area (Å²) in [5.74, 6) is -0.0380. The first-order chi connectivity index (χ1) is 12.6. The molecule has 1 saturated heterocycles. The molecule has 26 heavy (non-hydrogen) atoms. The van der Waals surface area contributed by atoms with E-state index in [0.717, 1.165) is 17.5 Å². The van der Waals surface area contributed by atoms with Crippen molar-refractivity contribution in [3.63, 3.8) is 0 Å². The summed E-state index contributed by atoms with van der Waals surface area (Å²) in [4.78, 5) is 36.0. The van der Waals surface area contributed by atoms with Crippen molar-refractivity contribution in [3.05, 3.63) is 58.4 Å². The number of fused-ring (bicyclic) bond motifs is 1. The molecule has 0 aliphatic carbocycles. The topological polar surface area (TPSA) is 73.0 Å². The van der Waals surface area contributed by atoms with Crippen molar-refractivity contribution in [3.8, 4) is 0 Å². The van der Waals surface area contributed by atoms with Crippen LogP contribution in [0, 0.1) is 6.92 Å². The molecule has 0 spiro atoms. The van der Waals surface area contributed by atoms with Crippen LogP contribution in [0.3, 0.4) is 0 Å². The Labute approximate surface area is 150 Å². The van der Waals surface area contributed by atoms with E-state index >= 15 is 0 Å². The van der Waals surface area contributed by atoms with Crippen molar-refractivity contribution in [1.29, 1.82) is 0 Å². The minimum Gasteiger partial charge on any atom is -0.336 e. The van der Waals surface area contributed by atoms with Crippen LogP contribution in [0.1, 0.15) is 35.3 Å². The SMILES string of the molecule is CCn1c(=O)n([C@@H]2CCN(C(=O)c3cncc(C)c3)C2)c2ncccc21. The largest absolute Gasteiger partial charge is 0.336 e. The maximum atomic E-state index is 12.9. The van der Waals surface area contributed by atoms with Gasteiger partial charge in [0.2, 0.25) is 0 Å². The Hall–Kier alpha value is -2.96. The van der Waals surface area contributed by atoms with E-state index in [4.69, 9.17) is 0 Å². The number of pyridine rings is 2. The third-order valence-electron chi connectivity index (χ3n) is 4.98. The number of hydrogen-bond acceptors (Lipinski definition) is 4. The van der Waals surface area contributed by atoms with Crippen molar-refractivity contribution in [2.24, 2.45) is 0 Å². The highest BCUT2D eigenvalue weighted by Crippen LogP contribution is 2.25. The standard InChI is InChI=1S/C19H21N5O2/c1-3-23-16-5-4-7-21-17(16)24(19(23)26)15-6-8-22(12-15)18(25)14-9-13(2)10-20-11-14/h4-5,7,9-11,15H,3,6,8,12H2,1-2H3/t15-/m1/s1. The molecule has 0 radical (unpaired) electrons. The normalized spacial score (nSPS) is 17.2. The second-order valence-corrected chi connectivity index (χ2v) is 6.69. The minimum absolute atomic E-state index is 0.0380. The highest BCUT2D eigenvalue weighted by Gasteiger charge is 2.31. The molecule has 1 fully saturated rings. The average Bonchev–Trinajstić information content (AvgIpc) is 3.22. The summed E-state index contributed by atoms with van der Waals surface area (Å²) in [6.07, 6.45) is 5.77. The highest BCUT2D eigenvalue weighted by molar-refractivity contribution is 5.94. The fourth-order valence-electron chi connectivity index (χ4n) is 3.73. The smallest absolute Gasteiger partial charge is 0.330 e. The van der Waals surface area contributed by atoms with Crippen LogP contribution in [0.5, 0.6) is 0 Å². The number of aromatic nitrogens is 4. The predicted molar refractivity (Wildman–Crippen MR) is 98.2 cm³/mol. The highest BCUT2D eigenvalue weighted by atomic mass is 16.2. The number of imidazole rings is 1. The molecule has 0 bridgehead atoms. The molecule has 134 valence electrons. The van der Waals surface area contributed by atoms with Crippen LogP contribution in [0.4, 0.5) is 0 Å². The molecule has 1 aliphatic heterocycles. The molecular formula is C19H21N5O2. The van der Waals surface area contributed by atoms with Crippen LogP contribution in [0.25, 0.3) is 11.2 Å². The maximum absolute atomic E-state index is 12.9. The average molecular weight is 351 g/mol. The zero-order valence-corrected chi connectivity index (χ0v) is 14.9. The van der Waals surface area contributed by atoms with Crippen molar-refractivity contribution < 1.29 is 4.79 Å². The third kappa shape index (κ3) is 2.60. The Morgan fingerprint density at radius 1 is 1.35 bits per heavy atom. The molecule has 4 rings (SSSR count). The summed E-state index contributed by atoms with van der Waals surface area (Å²) >= 11 is 0. The van der Waals surface area contributed by atoms with Crippen LogP contribution >= 0.6 is 0 Å². The Kier molecular flexibility index (Phi) is 4.06. The Morgan fingerprint density at radius 3 is 2.96 bits per heavy atom. The summed E-state index contributed by atoms with van der Waals surface area (Å²) in [6, 6.07) is 5.54. The lowest BCUT2D eigenvalue weighted by Gasteiger charge is -2.17. The molecule has 4 heterocycles. The van der Waals surface area contributed by atoms with E-state index in [0.29, 0.717) is 30.8 Å². The maximum Gasteiger partial charge on any atom is 0.330 e. The molecule has 3 aromatic heterocycles. The lowest BCUT2D eigenvalue weighted by atomic mass is 10.2. The first-order valence-corrected chi connectivity index (χ1v) is 8.87. The van der Waals surface area contributed by atoms with Gasteiger partial charge in [-0.1, -0.05) is 0 Å². The molecule has 7 nitrogen and oxygen atoms in total. The number of carbonyl (C=O) groups is 1. The van der Waals surface area contributed by atoms with Gasteiger partial charge in [0.05, 0.1) is 17.1 Å². The Bertz CT molecular complexity index is 1040. The number of amides is 1. The molecule has 1 aliphatic rings. The van der Waals surface area contributed by atoms with Crippen molar-refractivity contribution >= 4 is 17.1 Å². The number of hydrogen-bond donors (Lipinski definition) is 0. The number of likely N-dealkylation sites (tertiary alicyclic amines) is 1. The van der Waals surface area contributed by atoms with E-state index in [1.54, 1.807) is 32.6 Å². The summed E-state index contributed by atoms with van der Waals surface area (Å²) < 4.78 is 3.48. The summed E-state index contributed by atoms with van der Waals surface area (Å²) in [6.45, 7) is 5.59. The quantitative estimate of drug-likeness (QED) is 0.723. The van der Waals surface area contributed by atoms with Crippen LogP contribution in [0.2, 0.25) is 0 Å². The Balaban J connectivity index is 1.66. The summed E-state index contributed by atoms with van der Waals surface area (Å²) in [5, 5.41) is 0. The number of rotatable bonds is 3. The van der Waals surface area contributed by atoms with Crippen LogP contribution in [-0.4, -0.2) is 43.0 Å². The lowest BCUT2D eigenvalue weighted by molar-refractivity contribution is 0.0787. The van der Waals surface area contributed by atoms with Gasteiger partial charge in [0.25, 0.3) is 5.91 Å². The van der Waals surface area contributed by atoms with Crippen LogP contribution in [0.15, 0.2) is 41.6 Å². The van der Waals surface area contributed by atoms with E-state index in [-0.39, 0.29) is 17.6 Å². The van der Waals surface area contributed by atoms with Gasteiger partial charge in [-0.3, -0.25) is 18.9 Å². The zero-order chi connectivity index (χ0) is 18.3. The molecule has 1 amide bonds. The van der Waals surface area contributed by atoms with Crippen molar-refractivity contribution in [2.75, 3.05) is 13.1 Å². The fourth-order valence-corrected chi connectivity index (χ4v) is 3.73. The second-order valence-electron chi connectivity index (χ2n) is 6.69. The Morgan fingerprint density at radius 2 is 2.19 bits per heavy atom. The van der Waals surface area contributed by atoms with Crippen molar-refractivity contribution in [2.45, 2.75) is 32.9 Å². The summed E-state index contributed by atoms with van der Waals surface area (Å²) in [5.41, 5.74) is 3.02. The van der Waals surface area contributed by atoms with E-state index in [1.807, 2.05) is 32.0 Å². The molecule has 0 aromatic carbocycles. The number of nitrogens with zero attached hydrogens (tertiary/aromatic N) is 5. The van der Waals surface area contributed by atoms with Gasteiger partial charge in [-0.05, 0) is 44.0 Å². The predicted octanol–water partition coefficient (Wildman–Crippen LogP) is 2.01. The molecule has 0 N–H and O–H groups in total. The van der Waals surface area contributed by atoms with Gasteiger partial charge < -0.3 is 4.90 Å². The molecule has 0 saturated carbocycles. The van der Waals surface area contributed by atoms with Gasteiger partial charge in [-0.2, -0.15) is 0 Å². The van der Waals surface area contributed by atoms with E-state index in [1.165, 1.54) is 0 Å². The zero-order valence-electron chi connectivity index (χ0n) is 14.9. The van der Waals surface area contributed by atoms with Gasteiger partial charge in [0, 0.05) is 38.2 Å². The molecule has 0 unspecified atom stereocenters. The second kappa shape index (κ2) is 6.40. The van der Waals surface area contributed by atoms with Gasteiger partial charge >= 0.3 is 5.69 Å². The van der Waals surface area contributed by atoms with Crippen molar-refractivity contribution in [1.82, 2.24) is 24.0 Å². The summed E-state index contributed by atoms with van der Waals surface area (Å²) in [7, 11) is 0. The molecular weight excluding hydrogens is 330 g/mol. The van der Waals surface area contributed by atoms with Gasteiger partial charge in [-0.25, -0.2) is 9.78 Å². The first-order valence-electron chi connectivity index (χ1n) is 8.87. The minimum atomic E-state index is -0.0607. The van der Waals surface area contributed by atoms with E-state index < -0.39 is 0 Å². The van der Waals surface area contributed by atoms with E-state index in [2.05, 4.69) is 9.97 Å².